The summed E-state index contributed by atoms with van der Waals surface area (Å²) >= 11 is 0. The first kappa shape index (κ1) is 21.1. The Labute approximate surface area is 191 Å². The van der Waals surface area contributed by atoms with Crippen LogP contribution in [0.1, 0.15) is 57.3 Å². The number of fused-ring (bicyclic) bond motifs is 5. The Bertz CT molecular complexity index is 1110. The fourth-order valence-electron chi connectivity index (χ4n) is 5.94. The van der Waals surface area contributed by atoms with Gasteiger partial charge in [0.15, 0.2) is 0 Å². The van der Waals surface area contributed by atoms with Crippen molar-refractivity contribution in [1.82, 2.24) is 0 Å². The zero-order valence-corrected chi connectivity index (χ0v) is 19.7. The van der Waals surface area contributed by atoms with Crippen LogP contribution in [0.2, 0.25) is 0 Å². The van der Waals surface area contributed by atoms with Crippen molar-refractivity contribution in [2.75, 3.05) is 26.1 Å². The number of hydrogen-bond donors (Lipinski definition) is 1. The summed E-state index contributed by atoms with van der Waals surface area (Å²) in [5.41, 5.74) is 6.99. The molecule has 2 atom stereocenters. The summed E-state index contributed by atoms with van der Waals surface area (Å²) in [6, 6.07) is 10.6. The lowest BCUT2D eigenvalue weighted by Gasteiger charge is -2.46. The Morgan fingerprint density at radius 3 is 2.66 bits per heavy atom. The van der Waals surface area contributed by atoms with Crippen LogP contribution in [0.15, 0.2) is 48.6 Å². The Hall–Kier alpha value is -2.72. The van der Waals surface area contributed by atoms with Crippen molar-refractivity contribution >= 4 is 11.3 Å². The van der Waals surface area contributed by atoms with E-state index in [0.29, 0.717) is 6.61 Å². The van der Waals surface area contributed by atoms with Gasteiger partial charge in [0, 0.05) is 29.3 Å². The summed E-state index contributed by atoms with van der Waals surface area (Å²) in [5.74, 6) is 1.73. The van der Waals surface area contributed by atoms with E-state index in [1.54, 1.807) is 14.2 Å². The van der Waals surface area contributed by atoms with Crippen molar-refractivity contribution in [1.29, 1.82) is 0 Å². The van der Waals surface area contributed by atoms with Crippen LogP contribution in [-0.2, 0) is 4.74 Å². The predicted octanol–water partition coefficient (Wildman–Crippen LogP) is 6.78. The summed E-state index contributed by atoms with van der Waals surface area (Å²) in [4.78, 5) is 0. The van der Waals surface area contributed by atoms with Gasteiger partial charge < -0.3 is 19.5 Å². The van der Waals surface area contributed by atoms with Crippen molar-refractivity contribution < 1.29 is 14.2 Å². The SMILES string of the molecule is COCC1([C@@H]2Oc3cccc(OC)c3-c3ccc4c(c32)C(C)=CC(C)(C)N4)CC=CCC1. The van der Waals surface area contributed by atoms with E-state index < -0.39 is 0 Å². The van der Waals surface area contributed by atoms with Gasteiger partial charge in [-0.2, -0.15) is 0 Å². The minimum atomic E-state index is -0.124. The van der Waals surface area contributed by atoms with Gasteiger partial charge in [0.1, 0.15) is 17.6 Å². The molecule has 4 nitrogen and oxygen atoms in total. The molecule has 0 radical (unpaired) electrons. The fraction of sp³-hybridized carbons (Fsp3) is 0.429. The van der Waals surface area contributed by atoms with Gasteiger partial charge in [0.05, 0.1) is 24.8 Å². The first-order valence-electron chi connectivity index (χ1n) is 11.5. The first-order chi connectivity index (χ1) is 15.4. The number of rotatable bonds is 4. The minimum absolute atomic E-state index is 0.0935. The monoisotopic (exact) mass is 431 g/mol. The van der Waals surface area contributed by atoms with E-state index >= 15 is 0 Å². The van der Waals surface area contributed by atoms with Crippen LogP contribution in [-0.4, -0.2) is 26.4 Å². The number of nitrogens with one attached hydrogen (secondary N) is 1. The molecule has 2 aromatic carbocycles. The Morgan fingerprint density at radius 2 is 1.94 bits per heavy atom. The molecule has 5 rings (SSSR count). The highest BCUT2D eigenvalue weighted by Gasteiger charge is 2.47. The maximum Gasteiger partial charge on any atom is 0.133 e. The number of allylic oxidation sites excluding steroid dienone is 3. The van der Waals surface area contributed by atoms with E-state index in [-0.39, 0.29) is 17.1 Å². The van der Waals surface area contributed by atoms with Gasteiger partial charge in [-0.15, -0.1) is 0 Å². The molecule has 168 valence electrons. The van der Waals surface area contributed by atoms with E-state index in [1.807, 2.05) is 12.1 Å². The second-order valence-electron chi connectivity index (χ2n) is 9.96. The highest BCUT2D eigenvalue weighted by Crippen LogP contribution is 2.58. The minimum Gasteiger partial charge on any atom is -0.496 e. The summed E-state index contributed by atoms with van der Waals surface area (Å²) in [6.07, 6.45) is 9.81. The highest BCUT2D eigenvalue weighted by molar-refractivity contribution is 5.91. The average Bonchev–Trinajstić information content (AvgIpc) is 2.77. The van der Waals surface area contributed by atoms with Crippen molar-refractivity contribution in [2.24, 2.45) is 5.41 Å². The Kier molecular flexibility index (Phi) is 5.09. The first-order valence-corrected chi connectivity index (χ1v) is 11.5. The van der Waals surface area contributed by atoms with Crippen LogP contribution in [0.5, 0.6) is 11.5 Å². The van der Waals surface area contributed by atoms with Gasteiger partial charge in [-0.1, -0.05) is 30.4 Å². The molecule has 1 unspecified atom stereocenters. The maximum absolute atomic E-state index is 6.91. The van der Waals surface area contributed by atoms with Gasteiger partial charge in [-0.25, -0.2) is 0 Å². The molecule has 2 aliphatic heterocycles. The number of anilines is 1. The van der Waals surface area contributed by atoms with Crippen LogP contribution in [0, 0.1) is 5.41 Å². The van der Waals surface area contributed by atoms with Crippen LogP contribution in [0.3, 0.4) is 0 Å². The van der Waals surface area contributed by atoms with Gasteiger partial charge in [0.2, 0.25) is 0 Å². The van der Waals surface area contributed by atoms with E-state index in [1.165, 1.54) is 28.0 Å². The van der Waals surface area contributed by atoms with E-state index in [2.05, 4.69) is 62.5 Å². The van der Waals surface area contributed by atoms with E-state index in [9.17, 15) is 0 Å². The molecule has 0 saturated heterocycles. The third-order valence-corrected chi connectivity index (χ3v) is 7.15. The molecule has 2 heterocycles. The summed E-state index contributed by atoms with van der Waals surface area (Å²) in [7, 11) is 3.53. The van der Waals surface area contributed by atoms with Gasteiger partial charge >= 0.3 is 0 Å². The zero-order valence-electron chi connectivity index (χ0n) is 19.7. The van der Waals surface area contributed by atoms with Crippen molar-refractivity contribution in [3.63, 3.8) is 0 Å². The van der Waals surface area contributed by atoms with Crippen molar-refractivity contribution in [3.05, 3.63) is 59.7 Å². The smallest absolute Gasteiger partial charge is 0.133 e. The molecule has 1 aliphatic carbocycles. The Balaban J connectivity index is 1.81. The largest absolute Gasteiger partial charge is 0.496 e. The molecule has 2 aromatic rings. The van der Waals surface area contributed by atoms with Crippen LogP contribution in [0.25, 0.3) is 16.7 Å². The number of methoxy groups -OCH3 is 2. The number of hydrogen-bond acceptors (Lipinski definition) is 4. The molecule has 0 aromatic heterocycles. The van der Waals surface area contributed by atoms with Crippen molar-refractivity contribution in [3.8, 4) is 22.6 Å². The third-order valence-electron chi connectivity index (χ3n) is 7.15. The maximum atomic E-state index is 6.91. The van der Waals surface area contributed by atoms with Gasteiger partial charge in [-0.3, -0.25) is 0 Å². The lowest BCUT2D eigenvalue weighted by atomic mass is 9.67. The predicted molar refractivity (Wildman–Crippen MR) is 130 cm³/mol. The molecule has 3 aliphatic rings. The standard InChI is InChI=1S/C28H33NO3/c1-18-16-27(2,3)29-20-13-12-19-24-21(31-5)10-9-11-22(24)32-26(25(19)23(18)20)28(17-30-4)14-7-6-8-15-28/h6-7,9-13,16,26,29H,8,14-15,17H2,1-5H3/t26-,28?/m1/s1. The number of ether oxygens (including phenoxy) is 3. The molecule has 32 heavy (non-hydrogen) atoms. The van der Waals surface area contributed by atoms with Gasteiger partial charge in [0.25, 0.3) is 0 Å². The topological polar surface area (TPSA) is 39.7 Å². The fourth-order valence-corrected chi connectivity index (χ4v) is 5.94. The molecule has 4 heteroatoms. The second kappa shape index (κ2) is 7.70. The van der Waals surface area contributed by atoms with Crippen LogP contribution in [0.4, 0.5) is 5.69 Å². The normalized spacial score (nSPS) is 24.9. The van der Waals surface area contributed by atoms with Crippen molar-refractivity contribution in [2.45, 2.75) is 51.7 Å². The number of benzene rings is 2. The van der Waals surface area contributed by atoms with Gasteiger partial charge in [-0.05, 0) is 69.4 Å². The van der Waals surface area contributed by atoms with E-state index in [0.717, 1.165) is 36.3 Å². The molecule has 0 amide bonds. The second-order valence-corrected chi connectivity index (χ2v) is 9.96. The molecular weight excluding hydrogens is 398 g/mol. The lowest BCUT2D eigenvalue weighted by molar-refractivity contribution is -0.0274. The molecule has 0 spiro atoms. The molecular formula is C28H33NO3. The van der Waals surface area contributed by atoms with E-state index in [4.69, 9.17) is 14.2 Å². The zero-order chi connectivity index (χ0) is 22.5. The molecule has 0 bridgehead atoms. The molecule has 0 saturated carbocycles. The summed E-state index contributed by atoms with van der Waals surface area (Å²) < 4.78 is 18.5. The van der Waals surface area contributed by atoms with Crippen LogP contribution >= 0.6 is 0 Å². The Morgan fingerprint density at radius 1 is 1.09 bits per heavy atom. The lowest BCUT2D eigenvalue weighted by Crippen LogP contribution is -2.40. The third kappa shape index (κ3) is 3.24. The molecule has 1 N–H and O–H groups in total. The highest BCUT2D eigenvalue weighted by atomic mass is 16.5. The average molecular weight is 432 g/mol. The quantitative estimate of drug-likeness (QED) is 0.542. The summed E-state index contributed by atoms with van der Waals surface area (Å²) in [6.45, 7) is 7.31. The molecule has 0 fully saturated rings. The summed E-state index contributed by atoms with van der Waals surface area (Å²) in [5, 5.41) is 3.73. The van der Waals surface area contributed by atoms with Crippen LogP contribution < -0.4 is 14.8 Å².